The third kappa shape index (κ3) is 2.21. The van der Waals surface area contributed by atoms with Gasteiger partial charge in [0, 0.05) is 19.3 Å². The van der Waals surface area contributed by atoms with Crippen LogP contribution in [-0.2, 0) is 0 Å². The van der Waals surface area contributed by atoms with Gasteiger partial charge in [-0.25, -0.2) is 9.07 Å². The van der Waals surface area contributed by atoms with Crippen LogP contribution in [0.1, 0.15) is 22.8 Å². The first-order valence-corrected chi connectivity index (χ1v) is 6.15. The normalized spacial score (nSPS) is 18.8. The quantitative estimate of drug-likeness (QED) is 0.822. The average molecular weight is 260 g/mol. The Kier molecular flexibility index (Phi) is 2.98. The summed E-state index contributed by atoms with van der Waals surface area (Å²) in [6.07, 6.45) is 4.20. The molecule has 0 radical (unpaired) electrons. The number of amides is 1. The Morgan fingerprint density at radius 2 is 2.21 bits per heavy atom. The van der Waals surface area contributed by atoms with Crippen molar-refractivity contribution in [2.24, 2.45) is 0 Å². The van der Waals surface area contributed by atoms with Gasteiger partial charge in [-0.15, -0.1) is 5.10 Å². The molecule has 1 atom stereocenters. The molecule has 1 aromatic heterocycles. The topological polar surface area (TPSA) is 51.0 Å². The van der Waals surface area contributed by atoms with E-state index in [1.165, 1.54) is 12.1 Å². The van der Waals surface area contributed by atoms with Crippen molar-refractivity contribution in [3.8, 4) is 0 Å². The fourth-order valence-corrected chi connectivity index (χ4v) is 2.36. The Morgan fingerprint density at radius 3 is 2.95 bits per heavy atom. The number of benzene rings is 1. The molecule has 3 rings (SSSR count). The molecular formula is C13H13FN4O. The minimum Gasteiger partial charge on any atom is -0.336 e. The van der Waals surface area contributed by atoms with Crippen LogP contribution in [-0.4, -0.2) is 38.9 Å². The maximum absolute atomic E-state index is 13.6. The van der Waals surface area contributed by atoms with Crippen molar-refractivity contribution >= 4 is 5.91 Å². The lowest BCUT2D eigenvalue weighted by atomic mass is 10.2. The SMILES string of the molecule is O=C(c1ccccc1F)N1CC[C@H](n2ccnn2)C1. The molecule has 0 bridgehead atoms. The lowest BCUT2D eigenvalue weighted by Crippen LogP contribution is -2.29. The van der Waals surface area contributed by atoms with Crippen molar-refractivity contribution in [2.75, 3.05) is 13.1 Å². The number of carbonyl (C=O) groups excluding carboxylic acids is 1. The number of aromatic nitrogens is 3. The highest BCUT2D eigenvalue weighted by atomic mass is 19.1. The number of rotatable bonds is 2. The summed E-state index contributed by atoms with van der Waals surface area (Å²) in [5.74, 6) is -0.738. The van der Waals surface area contributed by atoms with Gasteiger partial charge in [-0.3, -0.25) is 4.79 Å². The van der Waals surface area contributed by atoms with E-state index in [1.54, 1.807) is 34.1 Å². The minimum atomic E-state index is -0.475. The Bertz CT molecular complexity index is 584. The lowest BCUT2D eigenvalue weighted by Gasteiger charge is -2.16. The highest BCUT2D eigenvalue weighted by molar-refractivity contribution is 5.94. The molecule has 5 nitrogen and oxygen atoms in total. The predicted octanol–water partition coefficient (Wildman–Crippen LogP) is 1.50. The fraction of sp³-hybridized carbons (Fsp3) is 0.308. The zero-order chi connectivity index (χ0) is 13.2. The maximum Gasteiger partial charge on any atom is 0.256 e. The molecule has 0 aliphatic carbocycles. The molecule has 1 aliphatic rings. The first kappa shape index (κ1) is 11.8. The Labute approximate surface area is 109 Å². The van der Waals surface area contributed by atoms with E-state index < -0.39 is 5.82 Å². The van der Waals surface area contributed by atoms with Crippen LogP contribution in [0.4, 0.5) is 4.39 Å². The average Bonchev–Trinajstić information content (AvgIpc) is 3.09. The van der Waals surface area contributed by atoms with Gasteiger partial charge in [0.2, 0.25) is 0 Å². The van der Waals surface area contributed by atoms with Gasteiger partial charge in [-0.05, 0) is 18.6 Å². The lowest BCUT2D eigenvalue weighted by molar-refractivity contribution is 0.0782. The molecule has 1 aromatic carbocycles. The largest absolute Gasteiger partial charge is 0.336 e. The predicted molar refractivity (Wildman–Crippen MR) is 66.0 cm³/mol. The summed E-state index contributed by atoms with van der Waals surface area (Å²) in [6, 6.07) is 6.19. The Hall–Kier alpha value is -2.24. The Morgan fingerprint density at radius 1 is 1.37 bits per heavy atom. The van der Waals surface area contributed by atoms with E-state index in [-0.39, 0.29) is 17.5 Å². The van der Waals surface area contributed by atoms with Crippen molar-refractivity contribution in [1.29, 1.82) is 0 Å². The summed E-state index contributed by atoms with van der Waals surface area (Å²) in [7, 11) is 0. The molecule has 6 heteroatoms. The van der Waals surface area contributed by atoms with E-state index in [9.17, 15) is 9.18 Å². The van der Waals surface area contributed by atoms with Crippen molar-refractivity contribution in [2.45, 2.75) is 12.5 Å². The van der Waals surface area contributed by atoms with E-state index in [0.29, 0.717) is 13.1 Å². The maximum atomic E-state index is 13.6. The third-order valence-corrected chi connectivity index (χ3v) is 3.37. The van der Waals surface area contributed by atoms with Gasteiger partial charge >= 0.3 is 0 Å². The second kappa shape index (κ2) is 4.79. The van der Waals surface area contributed by atoms with Crippen molar-refractivity contribution in [1.82, 2.24) is 19.9 Å². The molecule has 1 fully saturated rings. The first-order chi connectivity index (χ1) is 9.25. The van der Waals surface area contributed by atoms with Crippen LogP contribution in [0.15, 0.2) is 36.7 Å². The zero-order valence-electron chi connectivity index (χ0n) is 10.2. The van der Waals surface area contributed by atoms with E-state index in [4.69, 9.17) is 0 Å². The summed E-state index contributed by atoms with van der Waals surface area (Å²) < 4.78 is 15.3. The molecule has 1 saturated heterocycles. The van der Waals surface area contributed by atoms with Gasteiger partial charge < -0.3 is 4.90 Å². The van der Waals surface area contributed by atoms with Crippen LogP contribution in [0.2, 0.25) is 0 Å². The van der Waals surface area contributed by atoms with E-state index in [2.05, 4.69) is 10.3 Å². The Balaban J connectivity index is 1.75. The summed E-state index contributed by atoms with van der Waals surface area (Å²) >= 11 is 0. The molecular weight excluding hydrogens is 247 g/mol. The van der Waals surface area contributed by atoms with E-state index >= 15 is 0 Å². The van der Waals surface area contributed by atoms with E-state index in [1.807, 2.05) is 0 Å². The number of nitrogens with zero attached hydrogens (tertiary/aromatic N) is 4. The van der Waals surface area contributed by atoms with Crippen molar-refractivity contribution in [3.05, 3.63) is 48.0 Å². The van der Waals surface area contributed by atoms with E-state index in [0.717, 1.165) is 6.42 Å². The van der Waals surface area contributed by atoms with Crippen LogP contribution in [0.25, 0.3) is 0 Å². The van der Waals surface area contributed by atoms with Gasteiger partial charge in [-0.1, -0.05) is 17.3 Å². The van der Waals surface area contributed by atoms with Gasteiger partial charge in [0.05, 0.1) is 17.8 Å². The first-order valence-electron chi connectivity index (χ1n) is 6.15. The molecule has 19 heavy (non-hydrogen) atoms. The summed E-state index contributed by atoms with van der Waals surface area (Å²) in [6.45, 7) is 1.15. The number of carbonyl (C=O) groups is 1. The van der Waals surface area contributed by atoms with Crippen LogP contribution in [0.5, 0.6) is 0 Å². The monoisotopic (exact) mass is 260 g/mol. The third-order valence-electron chi connectivity index (χ3n) is 3.37. The van der Waals surface area contributed by atoms with Crippen molar-refractivity contribution < 1.29 is 9.18 Å². The number of likely N-dealkylation sites (tertiary alicyclic amines) is 1. The molecule has 1 aliphatic heterocycles. The number of hydrogen-bond donors (Lipinski definition) is 0. The number of hydrogen-bond acceptors (Lipinski definition) is 3. The minimum absolute atomic E-state index is 0.123. The van der Waals surface area contributed by atoms with Gasteiger partial charge in [0.1, 0.15) is 5.82 Å². The molecule has 98 valence electrons. The highest BCUT2D eigenvalue weighted by Gasteiger charge is 2.29. The van der Waals surface area contributed by atoms with Gasteiger partial charge in [0.25, 0.3) is 5.91 Å². The molecule has 0 saturated carbocycles. The molecule has 0 N–H and O–H groups in total. The van der Waals surface area contributed by atoms with Crippen LogP contribution < -0.4 is 0 Å². The summed E-state index contributed by atoms with van der Waals surface area (Å²) in [4.78, 5) is 13.9. The van der Waals surface area contributed by atoms with Gasteiger partial charge in [-0.2, -0.15) is 0 Å². The van der Waals surface area contributed by atoms with Crippen LogP contribution in [0, 0.1) is 5.82 Å². The fourth-order valence-electron chi connectivity index (χ4n) is 2.36. The zero-order valence-corrected chi connectivity index (χ0v) is 10.2. The summed E-state index contributed by atoms with van der Waals surface area (Å²) in [5.41, 5.74) is 0.127. The molecule has 0 unspecified atom stereocenters. The molecule has 2 heterocycles. The van der Waals surface area contributed by atoms with Crippen LogP contribution >= 0.6 is 0 Å². The standard InChI is InChI=1S/C13H13FN4O/c14-12-4-2-1-3-11(12)13(19)17-7-5-10(9-17)18-8-6-15-16-18/h1-4,6,8,10H,5,7,9H2/t10-/m0/s1. The van der Waals surface area contributed by atoms with Gasteiger partial charge in [0.15, 0.2) is 0 Å². The molecule has 0 spiro atoms. The molecule has 1 amide bonds. The number of halogens is 1. The van der Waals surface area contributed by atoms with Crippen LogP contribution in [0.3, 0.4) is 0 Å². The second-order valence-corrected chi connectivity index (χ2v) is 4.56. The summed E-state index contributed by atoms with van der Waals surface area (Å²) in [5, 5.41) is 7.70. The molecule has 2 aromatic rings. The second-order valence-electron chi connectivity index (χ2n) is 4.56. The van der Waals surface area contributed by atoms with Crippen molar-refractivity contribution in [3.63, 3.8) is 0 Å². The smallest absolute Gasteiger partial charge is 0.256 e. The highest BCUT2D eigenvalue weighted by Crippen LogP contribution is 2.22.